The number of aryl methyl sites for hydroxylation is 1. The van der Waals surface area contributed by atoms with Crippen LogP contribution < -0.4 is 9.47 Å². The van der Waals surface area contributed by atoms with E-state index in [0.29, 0.717) is 17.9 Å². The fourth-order valence-electron chi connectivity index (χ4n) is 1.46. The Balaban J connectivity index is 3.20. The van der Waals surface area contributed by atoms with E-state index in [0.717, 1.165) is 24.0 Å². The fraction of sp³-hybridized carbons (Fsp3) is 0.417. The molecule has 1 aromatic carbocycles. The molecular weight excluding hydrogens is 192 g/mol. The summed E-state index contributed by atoms with van der Waals surface area (Å²) < 4.78 is 10.6. The molecule has 82 valence electrons. The number of aldehydes is 1. The first-order valence-electron chi connectivity index (χ1n) is 5.05. The van der Waals surface area contributed by atoms with Gasteiger partial charge in [0.25, 0.3) is 0 Å². The number of carbonyl (C=O) groups is 1. The fourth-order valence-corrected chi connectivity index (χ4v) is 1.46. The summed E-state index contributed by atoms with van der Waals surface area (Å²) in [5.74, 6) is 1.35. The van der Waals surface area contributed by atoms with Crippen LogP contribution in [0.15, 0.2) is 12.1 Å². The number of rotatable bonds is 5. The van der Waals surface area contributed by atoms with Crippen molar-refractivity contribution >= 4 is 6.29 Å². The number of benzene rings is 1. The van der Waals surface area contributed by atoms with Crippen molar-refractivity contribution < 1.29 is 14.3 Å². The van der Waals surface area contributed by atoms with Crippen molar-refractivity contribution in [2.45, 2.75) is 20.3 Å². The number of ether oxygens (including phenoxy) is 2. The molecule has 0 saturated carbocycles. The van der Waals surface area contributed by atoms with Gasteiger partial charge in [0.2, 0.25) is 0 Å². The van der Waals surface area contributed by atoms with Gasteiger partial charge in [0.15, 0.2) is 6.29 Å². The van der Waals surface area contributed by atoms with E-state index in [1.54, 1.807) is 13.2 Å². The van der Waals surface area contributed by atoms with Gasteiger partial charge >= 0.3 is 0 Å². The van der Waals surface area contributed by atoms with Gasteiger partial charge in [-0.2, -0.15) is 0 Å². The van der Waals surface area contributed by atoms with Crippen molar-refractivity contribution in [1.29, 1.82) is 0 Å². The minimum absolute atomic E-state index is 0.561. The average Bonchev–Trinajstić information content (AvgIpc) is 2.28. The van der Waals surface area contributed by atoms with E-state index in [4.69, 9.17) is 9.47 Å². The molecule has 0 unspecified atom stereocenters. The van der Waals surface area contributed by atoms with Crippen LogP contribution in [0.2, 0.25) is 0 Å². The Kier molecular flexibility index (Phi) is 4.16. The van der Waals surface area contributed by atoms with Gasteiger partial charge in [-0.3, -0.25) is 4.79 Å². The summed E-state index contributed by atoms with van der Waals surface area (Å²) in [5, 5.41) is 0. The van der Waals surface area contributed by atoms with Gasteiger partial charge in [0.05, 0.1) is 19.3 Å². The minimum Gasteiger partial charge on any atom is -0.496 e. The van der Waals surface area contributed by atoms with E-state index in [2.05, 4.69) is 0 Å². The second-order valence-electron chi connectivity index (χ2n) is 3.11. The Labute approximate surface area is 90.0 Å². The van der Waals surface area contributed by atoms with Gasteiger partial charge in [-0.25, -0.2) is 0 Å². The topological polar surface area (TPSA) is 35.5 Å². The predicted molar refractivity (Wildman–Crippen MR) is 58.9 cm³/mol. The molecule has 0 aliphatic rings. The molecule has 0 bridgehead atoms. The average molecular weight is 208 g/mol. The molecule has 0 saturated heterocycles. The first kappa shape index (κ1) is 11.6. The summed E-state index contributed by atoms with van der Waals surface area (Å²) in [6, 6.07) is 3.59. The molecule has 0 spiro atoms. The van der Waals surface area contributed by atoms with Crippen LogP contribution in [-0.4, -0.2) is 20.0 Å². The molecule has 0 fully saturated rings. The Morgan fingerprint density at radius 3 is 2.47 bits per heavy atom. The van der Waals surface area contributed by atoms with Gasteiger partial charge in [-0.15, -0.1) is 0 Å². The van der Waals surface area contributed by atoms with Crippen molar-refractivity contribution in [1.82, 2.24) is 0 Å². The second kappa shape index (κ2) is 5.39. The summed E-state index contributed by atoms with van der Waals surface area (Å²) in [6.45, 7) is 4.56. The molecule has 0 radical (unpaired) electrons. The van der Waals surface area contributed by atoms with Crippen LogP contribution in [0.4, 0.5) is 0 Å². The lowest BCUT2D eigenvalue weighted by Crippen LogP contribution is -1.99. The smallest absolute Gasteiger partial charge is 0.153 e. The van der Waals surface area contributed by atoms with Gasteiger partial charge in [0, 0.05) is 6.07 Å². The number of hydrogen-bond donors (Lipinski definition) is 0. The summed E-state index contributed by atoms with van der Waals surface area (Å²) in [5.41, 5.74) is 1.59. The van der Waals surface area contributed by atoms with Gasteiger partial charge < -0.3 is 9.47 Å². The Morgan fingerprint density at radius 1 is 1.27 bits per heavy atom. The zero-order valence-electron chi connectivity index (χ0n) is 9.37. The van der Waals surface area contributed by atoms with Crippen molar-refractivity contribution in [3.63, 3.8) is 0 Å². The molecule has 0 N–H and O–H groups in total. The van der Waals surface area contributed by atoms with Gasteiger partial charge in [0.1, 0.15) is 11.5 Å². The highest BCUT2D eigenvalue weighted by molar-refractivity contribution is 5.80. The predicted octanol–water partition coefficient (Wildman–Crippen LogP) is 2.47. The number of methoxy groups -OCH3 is 1. The summed E-state index contributed by atoms with van der Waals surface area (Å²) in [6.07, 6.45) is 1.63. The van der Waals surface area contributed by atoms with E-state index in [9.17, 15) is 4.79 Å². The van der Waals surface area contributed by atoms with E-state index in [1.165, 1.54) is 0 Å². The first-order chi connectivity index (χ1) is 7.26. The Hall–Kier alpha value is -1.51. The van der Waals surface area contributed by atoms with E-state index in [-0.39, 0.29) is 0 Å². The van der Waals surface area contributed by atoms with E-state index >= 15 is 0 Å². The van der Waals surface area contributed by atoms with Crippen molar-refractivity contribution in [2.24, 2.45) is 0 Å². The summed E-state index contributed by atoms with van der Waals surface area (Å²) in [4.78, 5) is 10.8. The molecule has 0 aliphatic heterocycles. The lowest BCUT2D eigenvalue weighted by Gasteiger charge is -2.12. The van der Waals surface area contributed by atoms with E-state index < -0.39 is 0 Å². The molecular formula is C12H16O3. The van der Waals surface area contributed by atoms with Crippen LogP contribution in [0.5, 0.6) is 11.5 Å². The van der Waals surface area contributed by atoms with Crippen molar-refractivity contribution in [3.05, 3.63) is 23.3 Å². The molecule has 0 atom stereocenters. The van der Waals surface area contributed by atoms with Gasteiger partial charge in [-0.1, -0.05) is 6.92 Å². The Bertz CT molecular complexity index is 345. The maximum absolute atomic E-state index is 10.8. The maximum Gasteiger partial charge on any atom is 0.153 e. The molecule has 0 aliphatic carbocycles. The molecule has 0 heterocycles. The first-order valence-corrected chi connectivity index (χ1v) is 5.05. The third kappa shape index (κ3) is 2.49. The molecule has 0 amide bonds. The third-order valence-electron chi connectivity index (χ3n) is 2.22. The van der Waals surface area contributed by atoms with Crippen LogP contribution in [0.1, 0.15) is 29.8 Å². The quantitative estimate of drug-likeness (QED) is 0.697. The van der Waals surface area contributed by atoms with Crippen LogP contribution in [-0.2, 0) is 6.42 Å². The number of hydrogen-bond acceptors (Lipinski definition) is 3. The highest BCUT2D eigenvalue weighted by Crippen LogP contribution is 2.28. The number of carbonyl (C=O) groups excluding carboxylic acids is 1. The SMILES string of the molecule is CCOc1cc(OC)c(C=O)cc1CC. The standard InChI is InChI=1S/C12H16O3/c1-4-9-6-10(8-13)11(14-3)7-12(9)15-5-2/h6-8H,4-5H2,1-3H3. The highest BCUT2D eigenvalue weighted by Gasteiger charge is 2.09. The molecule has 3 heteroatoms. The molecule has 1 rings (SSSR count). The third-order valence-corrected chi connectivity index (χ3v) is 2.22. The molecule has 1 aromatic rings. The lowest BCUT2D eigenvalue weighted by atomic mass is 10.1. The van der Waals surface area contributed by atoms with Crippen LogP contribution >= 0.6 is 0 Å². The van der Waals surface area contributed by atoms with Crippen LogP contribution in [0.25, 0.3) is 0 Å². The summed E-state index contributed by atoms with van der Waals surface area (Å²) >= 11 is 0. The molecule has 15 heavy (non-hydrogen) atoms. The summed E-state index contributed by atoms with van der Waals surface area (Å²) in [7, 11) is 1.55. The zero-order chi connectivity index (χ0) is 11.3. The van der Waals surface area contributed by atoms with Crippen LogP contribution in [0, 0.1) is 0 Å². The van der Waals surface area contributed by atoms with E-state index in [1.807, 2.05) is 19.9 Å². The largest absolute Gasteiger partial charge is 0.496 e. The second-order valence-corrected chi connectivity index (χ2v) is 3.11. The highest BCUT2D eigenvalue weighted by atomic mass is 16.5. The molecule has 0 aromatic heterocycles. The zero-order valence-corrected chi connectivity index (χ0v) is 9.37. The van der Waals surface area contributed by atoms with Gasteiger partial charge in [-0.05, 0) is 25.0 Å². The van der Waals surface area contributed by atoms with Crippen LogP contribution in [0.3, 0.4) is 0 Å². The monoisotopic (exact) mass is 208 g/mol. The maximum atomic E-state index is 10.8. The lowest BCUT2D eigenvalue weighted by molar-refractivity contribution is 0.112. The van der Waals surface area contributed by atoms with Crippen molar-refractivity contribution in [2.75, 3.05) is 13.7 Å². The minimum atomic E-state index is 0.561. The molecule has 3 nitrogen and oxygen atoms in total. The van der Waals surface area contributed by atoms with Crippen molar-refractivity contribution in [3.8, 4) is 11.5 Å². The normalized spacial score (nSPS) is 9.80. The Morgan fingerprint density at radius 2 is 2.00 bits per heavy atom.